The van der Waals surface area contributed by atoms with Crippen molar-refractivity contribution >= 4 is 29.0 Å². The van der Waals surface area contributed by atoms with Gasteiger partial charge in [0.25, 0.3) is 0 Å². The van der Waals surface area contributed by atoms with Crippen LogP contribution in [0.5, 0.6) is 11.5 Å². The van der Waals surface area contributed by atoms with Crippen LogP contribution in [-0.4, -0.2) is 40.6 Å². The fraction of sp³-hybridized carbons (Fsp3) is 0.250. The smallest absolute Gasteiger partial charge is 0.234 e. The minimum Gasteiger partial charge on any atom is -0.497 e. The summed E-state index contributed by atoms with van der Waals surface area (Å²) in [6.07, 6.45) is 0. The van der Waals surface area contributed by atoms with Crippen LogP contribution in [0.25, 0.3) is 0 Å². The van der Waals surface area contributed by atoms with Gasteiger partial charge in [-0.3, -0.25) is 4.79 Å². The zero-order chi connectivity index (χ0) is 20.6. The summed E-state index contributed by atoms with van der Waals surface area (Å²) < 4.78 is 12.3. The second-order valence-corrected chi connectivity index (χ2v) is 7.02. The molecule has 0 saturated carbocycles. The molecule has 3 rings (SSSR count). The Morgan fingerprint density at radius 2 is 1.83 bits per heavy atom. The van der Waals surface area contributed by atoms with Crippen molar-refractivity contribution in [3.63, 3.8) is 0 Å². The largest absolute Gasteiger partial charge is 0.497 e. The van der Waals surface area contributed by atoms with Crippen molar-refractivity contribution in [1.29, 1.82) is 0 Å². The molecule has 0 aliphatic rings. The lowest BCUT2D eigenvalue weighted by atomic mass is 10.3. The van der Waals surface area contributed by atoms with E-state index in [2.05, 4.69) is 20.8 Å². The Morgan fingerprint density at radius 3 is 2.55 bits per heavy atom. The van der Waals surface area contributed by atoms with Gasteiger partial charge in [-0.25, -0.2) is 0 Å². The lowest BCUT2D eigenvalue weighted by Crippen LogP contribution is -2.15. The van der Waals surface area contributed by atoms with Crippen LogP contribution in [-0.2, 0) is 18.4 Å². The molecule has 0 fully saturated rings. The van der Waals surface area contributed by atoms with E-state index in [0.29, 0.717) is 23.1 Å². The van der Waals surface area contributed by atoms with Gasteiger partial charge in [0.1, 0.15) is 11.5 Å². The maximum absolute atomic E-state index is 12.3. The van der Waals surface area contributed by atoms with Crippen LogP contribution in [0.4, 0.5) is 11.4 Å². The number of benzene rings is 2. The van der Waals surface area contributed by atoms with E-state index < -0.39 is 0 Å². The summed E-state index contributed by atoms with van der Waals surface area (Å²) in [5.74, 6) is 2.28. The van der Waals surface area contributed by atoms with Crippen molar-refractivity contribution in [3.8, 4) is 11.5 Å². The fourth-order valence-corrected chi connectivity index (χ4v) is 3.31. The monoisotopic (exact) mass is 413 g/mol. The van der Waals surface area contributed by atoms with Crippen molar-refractivity contribution in [1.82, 2.24) is 14.8 Å². The van der Waals surface area contributed by atoms with E-state index in [1.54, 1.807) is 26.4 Å². The number of carbonyl (C=O) groups excluding carboxylic acids is 1. The van der Waals surface area contributed by atoms with Gasteiger partial charge in [-0.05, 0) is 36.4 Å². The lowest BCUT2D eigenvalue weighted by Gasteiger charge is -2.09. The number of methoxy groups -OCH3 is 2. The maximum Gasteiger partial charge on any atom is 0.234 e. The molecule has 0 atom stereocenters. The molecule has 0 aliphatic heterocycles. The van der Waals surface area contributed by atoms with Gasteiger partial charge in [-0.2, -0.15) is 0 Å². The van der Waals surface area contributed by atoms with Gasteiger partial charge >= 0.3 is 0 Å². The summed E-state index contributed by atoms with van der Waals surface area (Å²) in [7, 11) is 5.09. The number of aromatic nitrogens is 3. The number of thioether (sulfide) groups is 1. The minimum absolute atomic E-state index is 0.139. The summed E-state index contributed by atoms with van der Waals surface area (Å²) in [5, 5.41) is 15.2. The number of rotatable bonds is 9. The highest BCUT2D eigenvalue weighted by molar-refractivity contribution is 7.99. The van der Waals surface area contributed by atoms with Crippen molar-refractivity contribution in [2.45, 2.75) is 11.7 Å². The summed E-state index contributed by atoms with van der Waals surface area (Å²) in [6.45, 7) is 0.518. The fourth-order valence-electron chi connectivity index (χ4n) is 2.58. The third kappa shape index (κ3) is 5.41. The summed E-state index contributed by atoms with van der Waals surface area (Å²) >= 11 is 1.33. The van der Waals surface area contributed by atoms with Crippen LogP contribution in [0.3, 0.4) is 0 Å². The van der Waals surface area contributed by atoms with Gasteiger partial charge in [0.15, 0.2) is 11.0 Å². The molecule has 8 nitrogen and oxygen atoms in total. The molecule has 0 radical (unpaired) electrons. The van der Waals surface area contributed by atoms with Gasteiger partial charge in [0.05, 0.1) is 32.2 Å². The number of ether oxygens (including phenoxy) is 2. The zero-order valence-electron chi connectivity index (χ0n) is 16.5. The van der Waals surface area contributed by atoms with Crippen LogP contribution < -0.4 is 20.1 Å². The van der Waals surface area contributed by atoms with E-state index in [-0.39, 0.29) is 11.7 Å². The molecule has 29 heavy (non-hydrogen) atoms. The van der Waals surface area contributed by atoms with Crippen molar-refractivity contribution in [3.05, 3.63) is 54.4 Å². The summed E-state index contributed by atoms with van der Waals surface area (Å²) in [6, 6.07) is 14.9. The summed E-state index contributed by atoms with van der Waals surface area (Å²) in [4.78, 5) is 12.3. The number of anilines is 2. The molecule has 2 N–H and O–H groups in total. The SMILES string of the molecule is COc1ccc(NCc2nnc(SCC(=O)Nc3ccccc3OC)n2C)cc1. The first-order chi connectivity index (χ1) is 14.1. The van der Waals surface area contributed by atoms with E-state index in [1.807, 2.05) is 48.0 Å². The highest BCUT2D eigenvalue weighted by atomic mass is 32.2. The Hall–Kier alpha value is -3.20. The molecule has 3 aromatic rings. The first-order valence-electron chi connectivity index (χ1n) is 8.92. The first kappa shape index (κ1) is 20.5. The predicted molar refractivity (Wildman–Crippen MR) is 114 cm³/mol. The molecule has 0 saturated heterocycles. The van der Waals surface area contributed by atoms with Gasteiger partial charge < -0.3 is 24.7 Å². The van der Waals surface area contributed by atoms with Gasteiger partial charge in [-0.1, -0.05) is 23.9 Å². The van der Waals surface area contributed by atoms with Gasteiger partial charge in [0.2, 0.25) is 5.91 Å². The van der Waals surface area contributed by atoms with Crippen molar-refractivity contribution < 1.29 is 14.3 Å². The highest BCUT2D eigenvalue weighted by Crippen LogP contribution is 2.24. The molecule has 2 aromatic carbocycles. The third-order valence-electron chi connectivity index (χ3n) is 4.18. The van der Waals surface area contributed by atoms with E-state index in [0.717, 1.165) is 17.3 Å². The molecule has 0 spiro atoms. The van der Waals surface area contributed by atoms with E-state index in [9.17, 15) is 4.79 Å². The van der Waals surface area contributed by atoms with E-state index in [4.69, 9.17) is 9.47 Å². The van der Waals surface area contributed by atoms with Gasteiger partial charge in [-0.15, -0.1) is 10.2 Å². The van der Waals surface area contributed by atoms with E-state index >= 15 is 0 Å². The maximum atomic E-state index is 12.3. The predicted octanol–water partition coefficient (Wildman–Crippen LogP) is 3.18. The second kappa shape index (κ2) is 9.83. The topological polar surface area (TPSA) is 90.3 Å². The highest BCUT2D eigenvalue weighted by Gasteiger charge is 2.12. The minimum atomic E-state index is -0.139. The Morgan fingerprint density at radius 1 is 1.07 bits per heavy atom. The van der Waals surface area contributed by atoms with Crippen LogP contribution in [0.1, 0.15) is 5.82 Å². The molecule has 9 heteroatoms. The molecule has 0 aliphatic carbocycles. The first-order valence-corrected chi connectivity index (χ1v) is 9.91. The van der Waals surface area contributed by atoms with Crippen LogP contribution in [0, 0.1) is 0 Å². The molecule has 1 heterocycles. The number of para-hydroxylation sites is 2. The van der Waals surface area contributed by atoms with E-state index in [1.165, 1.54) is 11.8 Å². The Kier molecular flexibility index (Phi) is 6.96. The molecular weight excluding hydrogens is 390 g/mol. The molecule has 0 unspecified atom stereocenters. The number of hydrogen-bond donors (Lipinski definition) is 2. The van der Waals surface area contributed by atoms with Crippen molar-refractivity contribution in [2.24, 2.45) is 7.05 Å². The third-order valence-corrected chi connectivity index (χ3v) is 5.20. The lowest BCUT2D eigenvalue weighted by molar-refractivity contribution is -0.113. The number of hydrogen-bond acceptors (Lipinski definition) is 7. The molecular formula is C20H23N5O3S. The normalized spacial score (nSPS) is 10.4. The number of nitrogens with zero attached hydrogens (tertiary/aromatic N) is 3. The van der Waals surface area contributed by atoms with Crippen LogP contribution in [0.2, 0.25) is 0 Å². The Bertz CT molecular complexity index is 959. The van der Waals surface area contributed by atoms with Crippen molar-refractivity contribution in [2.75, 3.05) is 30.6 Å². The Balaban J connectivity index is 1.53. The van der Waals surface area contributed by atoms with Crippen LogP contribution >= 0.6 is 11.8 Å². The number of nitrogens with one attached hydrogen (secondary N) is 2. The molecule has 0 bridgehead atoms. The average Bonchev–Trinajstić information content (AvgIpc) is 3.11. The zero-order valence-corrected chi connectivity index (χ0v) is 17.3. The number of carbonyl (C=O) groups is 1. The number of amides is 1. The average molecular weight is 414 g/mol. The van der Waals surface area contributed by atoms with Crippen LogP contribution in [0.15, 0.2) is 53.7 Å². The summed E-state index contributed by atoms with van der Waals surface area (Å²) in [5.41, 5.74) is 1.60. The molecule has 1 aromatic heterocycles. The van der Waals surface area contributed by atoms with Gasteiger partial charge in [0, 0.05) is 12.7 Å². The second-order valence-electron chi connectivity index (χ2n) is 6.08. The quantitative estimate of drug-likeness (QED) is 0.521. The Labute approximate surface area is 173 Å². The standard InChI is InChI=1S/C20H23N5O3S/c1-25-18(12-21-14-8-10-15(27-2)11-9-14)23-24-20(25)29-13-19(26)22-16-6-4-5-7-17(16)28-3/h4-11,21H,12-13H2,1-3H3,(H,22,26). The molecule has 152 valence electrons. The molecule has 1 amide bonds.